The van der Waals surface area contributed by atoms with Crippen molar-refractivity contribution in [3.05, 3.63) is 57.0 Å². The van der Waals surface area contributed by atoms with Crippen molar-refractivity contribution in [2.45, 2.75) is 0 Å². The van der Waals surface area contributed by atoms with Crippen molar-refractivity contribution in [1.29, 1.82) is 0 Å². The molecule has 1 aromatic heterocycles. The van der Waals surface area contributed by atoms with Gasteiger partial charge in [-0.1, -0.05) is 18.2 Å². The highest BCUT2D eigenvalue weighted by atomic mass is 32.1. The Morgan fingerprint density at radius 1 is 1.47 bits per heavy atom. The molecule has 1 heterocycles. The lowest BCUT2D eigenvalue weighted by molar-refractivity contribution is 0.625. The Bertz CT molecular complexity index is 648. The van der Waals surface area contributed by atoms with E-state index in [0.29, 0.717) is 0 Å². The number of aromatic amines is 1. The number of halogens is 1. The van der Waals surface area contributed by atoms with Crippen LogP contribution in [-0.4, -0.2) is 21.1 Å². The number of H-pyrrole nitrogens is 1. The van der Waals surface area contributed by atoms with Gasteiger partial charge in [0.05, 0.1) is 6.21 Å². The summed E-state index contributed by atoms with van der Waals surface area (Å²) >= 11 is 4.83. The van der Waals surface area contributed by atoms with Crippen molar-refractivity contribution in [2.24, 2.45) is 5.10 Å². The van der Waals surface area contributed by atoms with Crippen LogP contribution in [0.2, 0.25) is 0 Å². The van der Waals surface area contributed by atoms with E-state index in [2.05, 4.69) is 15.3 Å². The number of benzene rings is 1. The van der Waals surface area contributed by atoms with Crippen LogP contribution in [0, 0.1) is 10.6 Å². The van der Waals surface area contributed by atoms with Crippen molar-refractivity contribution in [3.63, 3.8) is 0 Å². The molecular weight excluding hydrogens is 243 g/mol. The molecule has 0 unspecified atom stereocenters. The van der Waals surface area contributed by atoms with Gasteiger partial charge in [0.2, 0.25) is 4.77 Å². The Balaban J connectivity index is 2.43. The average Bonchev–Trinajstić information content (AvgIpc) is 2.30. The monoisotopic (exact) mass is 250 g/mol. The van der Waals surface area contributed by atoms with Crippen molar-refractivity contribution < 1.29 is 4.39 Å². The highest BCUT2D eigenvalue weighted by molar-refractivity contribution is 7.71. The predicted octanol–water partition coefficient (Wildman–Crippen LogP) is 1.32. The molecule has 0 bridgehead atoms. The van der Waals surface area contributed by atoms with Gasteiger partial charge in [-0.25, -0.2) is 4.39 Å². The third-order valence-electron chi connectivity index (χ3n) is 1.95. The van der Waals surface area contributed by atoms with Gasteiger partial charge in [0, 0.05) is 5.56 Å². The first-order valence-corrected chi connectivity index (χ1v) is 5.05. The molecule has 7 heteroatoms. The Morgan fingerprint density at radius 3 is 2.94 bits per heavy atom. The zero-order valence-corrected chi connectivity index (χ0v) is 9.32. The molecule has 0 atom stereocenters. The highest BCUT2D eigenvalue weighted by Crippen LogP contribution is 2.02. The molecule has 0 spiro atoms. The van der Waals surface area contributed by atoms with E-state index >= 15 is 0 Å². The molecule has 5 nitrogen and oxygen atoms in total. The van der Waals surface area contributed by atoms with Gasteiger partial charge >= 0.3 is 0 Å². The topological polar surface area (TPSA) is 63.0 Å². The van der Waals surface area contributed by atoms with Crippen LogP contribution < -0.4 is 5.56 Å². The van der Waals surface area contributed by atoms with E-state index in [0.717, 1.165) is 10.9 Å². The third-order valence-corrected chi connectivity index (χ3v) is 2.22. The van der Waals surface area contributed by atoms with Crippen LogP contribution >= 0.6 is 12.2 Å². The average molecular weight is 250 g/mol. The lowest BCUT2D eigenvalue weighted by atomic mass is 10.2. The lowest BCUT2D eigenvalue weighted by Gasteiger charge is -1.97. The van der Waals surface area contributed by atoms with Gasteiger partial charge in [-0.3, -0.25) is 9.89 Å². The number of hydrogen-bond donors (Lipinski definition) is 1. The molecule has 17 heavy (non-hydrogen) atoms. The number of rotatable bonds is 2. The van der Waals surface area contributed by atoms with Gasteiger partial charge < -0.3 is 0 Å². The second-order valence-corrected chi connectivity index (χ2v) is 3.48. The molecule has 0 amide bonds. The molecular formula is C10H7FN4OS. The molecule has 0 radical (unpaired) electrons. The largest absolute Gasteiger partial charge is 0.293 e. The normalized spacial score (nSPS) is 10.9. The molecule has 2 rings (SSSR count). The first kappa shape index (κ1) is 11.3. The Labute approximate surface area is 100 Å². The summed E-state index contributed by atoms with van der Waals surface area (Å²) < 4.78 is 14.2. The van der Waals surface area contributed by atoms with Crippen LogP contribution in [0.15, 0.2) is 40.4 Å². The van der Waals surface area contributed by atoms with E-state index in [9.17, 15) is 9.18 Å². The Hall–Kier alpha value is -2.15. The highest BCUT2D eigenvalue weighted by Gasteiger charge is 1.98. The maximum Gasteiger partial charge on any atom is 0.293 e. The second-order valence-electron chi connectivity index (χ2n) is 3.09. The summed E-state index contributed by atoms with van der Waals surface area (Å²) in [6.45, 7) is 0. The number of hydrogen-bond acceptors (Lipinski definition) is 4. The van der Waals surface area contributed by atoms with Crippen molar-refractivity contribution in [1.82, 2.24) is 14.9 Å². The van der Waals surface area contributed by atoms with Gasteiger partial charge in [0.25, 0.3) is 5.56 Å². The van der Waals surface area contributed by atoms with Crippen LogP contribution in [0.3, 0.4) is 0 Å². The molecule has 0 saturated carbocycles. The van der Waals surface area contributed by atoms with Gasteiger partial charge in [-0.2, -0.15) is 14.9 Å². The van der Waals surface area contributed by atoms with E-state index in [4.69, 9.17) is 12.2 Å². The van der Waals surface area contributed by atoms with Crippen LogP contribution in [0.1, 0.15) is 5.56 Å². The minimum atomic E-state index is -0.485. The minimum absolute atomic E-state index is 0.0464. The third kappa shape index (κ3) is 2.51. The molecule has 0 aliphatic rings. The van der Waals surface area contributed by atoms with Gasteiger partial charge in [-0.05, 0) is 18.3 Å². The van der Waals surface area contributed by atoms with Gasteiger partial charge in [-0.15, -0.1) is 0 Å². The van der Waals surface area contributed by atoms with E-state index in [-0.39, 0.29) is 10.3 Å². The van der Waals surface area contributed by atoms with Crippen molar-refractivity contribution in [3.8, 4) is 0 Å². The van der Waals surface area contributed by atoms with Crippen LogP contribution in [0.4, 0.5) is 4.39 Å². The van der Waals surface area contributed by atoms with E-state index < -0.39 is 11.4 Å². The molecule has 0 saturated heterocycles. The Morgan fingerprint density at radius 2 is 2.24 bits per heavy atom. The molecule has 1 N–H and O–H groups in total. The lowest BCUT2D eigenvalue weighted by Crippen LogP contribution is -2.18. The SMILES string of the molecule is O=c1cn[nH]c(=S)n1N=Cc1ccccc1F. The minimum Gasteiger partial charge on any atom is -0.265 e. The second kappa shape index (κ2) is 4.79. The number of nitrogens with zero attached hydrogens (tertiary/aromatic N) is 3. The molecule has 2 aromatic rings. The zero-order chi connectivity index (χ0) is 12.3. The summed E-state index contributed by atoms with van der Waals surface area (Å²) in [5.41, 5.74) is -0.216. The molecule has 0 aliphatic carbocycles. The quantitative estimate of drug-likeness (QED) is 0.646. The van der Waals surface area contributed by atoms with E-state index in [1.54, 1.807) is 12.1 Å². The first-order valence-electron chi connectivity index (χ1n) is 4.64. The molecule has 1 aromatic carbocycles. The van der Waals surface area contributed by atoms with Crippen LogP contribution in [-0.2, 0) is 0 Å². The molecule has 0 fully saturated rings. The number of aromatic nitrogens is 3. The van der Waals surface area contributed by atoms with Crippen molar-refractivity contribution >= 4 is 18.4 Å². The maximum atomic E-state index is 13.3. The summed E-state index contributed by atoms with van der Waals surface area (Å²) in [4.78, 5) is 11.4. The fourth-order valence-corrected chi connectivity index (χ4v) is 1.34. The fraction of sp³-hybridized carbons (Fsp3) is 0. The zero-order valence-electron chi connectivity index (χ0n) is 8.50. The molecule has 0 aliphatic heterocycles. The standard InChI is InChI=1S/C10H7FN4OS/c11-8-4-2-1-3-7(8)5-13-15-9(16)6-12-14-10(15)17/h1-6H,(H,14,17). The van der Waals surface area contributed by atoms with Gasteiger partial charge in [0.15, 0.2) is 0 Å². The van der Waals surface area contributed by atoms with Crippen LogP contribution in [0.25, 0.3) is 0 Å². The Kier molecular flexibility index (Phi) is 3.20. The van der Waals surface area contributed by atoms with Gasteiger partial charge in [0.1, 0.15) is 12.0 Å². The van der Waals surface area contributed by atoms with Crippen molar-refractivity contribution in [2.75, 3.05) is 0 Å². The predicted molar refractivity (Wildman–Crippen MR) is 63.1 cm³/mol. The summed E-state index contributed by atoms with van der Waals surface area (Å²) in [6, 6.07) is 6.08. The summed E-state index contributed by atoms with van der Waals surface area (Å²) in [5, 5.41) is 9.72. The number of nitrogens with one attached hydrogen (secondary N) is 1. The van der Waals surface area contributed by atoms with Crippen LogP contribution in [0.5, 0.6) is 0 Å². The smallest absolute Gasteiger partial charge is 0.265 e. The first-order chi connectivity index (χ1) is 8.18. The summed E-state index contributed by atoms with van der Waals surface area (Å²) in [6.07, 6.45) is 2.26. The molecule has 86 valence electrons. The van der Waals surface area contributed by atoms with E-state index in [1.807, 2.05) is 0 Å². The van der Waals surface area contributed by atoms with E-state index in [1.165, 1.54) is 18.3 Å². The summed E-state index contributed by atoms with van der Waals surface area (Å²) in [5.74, 6) is -0.423. The maximum absolute atomic E-state index is 13.3. The summed E-state index contributed by atoms with van der Waals surface area (Å²) in [7, 11) is 0. The fourth-order valence-electron chi connectivity index (χ4n) is 1.15.